The van der Waals surface area contributed by atoms with Gasteiger partial charge in [0.2, 0.25) is 5.91 Å². The number of amides is 1. The number of carbonyl (C=O) groups excluding carboxylic acids is 1. The molecule has 21 heavy (non-hydrogen) atoms. The Morgan fingerprint density at radius 2 is 2.19 bits per heavy atom. The molecule has 0 aliphatic heterocycles. The number of benzene rings is 1. The number of hydrogen-bond donors (Lipinski definition) is 1. The monoisotopic (exact) mass is 318 g/mol. The van der Waals surface area contributed by atoms with Crippen molar-refractivity contribution >= 4 is 34.0 Å². The first-order valence-corrected chi connectivity index (χ1v) is 8.45. The fourth-order valence-electron chi connectivity index (χ4n) is 3.05. The molecule has 2 aliphatic carbocycles. The van der Waals surface area contributed by atoms with Crippen molar-refractivity contribution in [3.8, 4) is 0 Å². The molecule has 2 atom stereocenters. The number of aryl methyl sites for hydroxylation is 2. The summed E-state index contributed by atoms with van der Waals surface area (Å²) in [5.74, 6) is 0.362. The Balaban J connectivity index is 1.44. The van der Waals surface area contributed by atoms with Crippen molar-refractivity contribution in [3.05, 3.63) is 45.4 Å². The second kappa shape index (κ2) is 5.11. The van der Waals surface area contributed by atoms with Crippen LogP contribution in [-0.4, -0.2) is 10.9 Å². The fourth-order valence-corrected chi connectivity index (χ4v) is 4.37. The second-order valence-electron chi connectivity index (χ2n) is 5.70. The zero-order valence-corrected chi connectivity index (χ0v) is 13.0. The van der Waals surface area contributed by atoms with Crippen molar-refractivity contribution in [1.82, 2.24) is 4.98 Å². The number of rotatable bonds is 3. The van der Waals surface area contributed by atoms with Crippen LogP contribution in [0.2, 0.25) is 5.02 Å². The molecule has 1 aromatic carbocycles. The van der Waals surface area contributed by atoms with Gasteiger partial charge in [0.05, 0.1) is 5.69 Å². The van der Waals surface area contributed by atoms with E-state index in [0.717, 1.165) is 35.0 Å². The first kappa shape index (κ1) is 13.3. The summed E-state index contributed by atoms with van der Waals surface area (Å²) in [5.41, 5.74) is 2.26. The Labute approximate surface area is 132 Å². The minimum Gasteiger partial charge on any atom is -0.302 e. The normalized spacial score (nSPS) is 22.9. The van der Waals surface area contributed by atoms with Crippen LogP contribution in [0.1, 0.15) is 34.9 Å². The molecule has 1 N–H and O–H groups in total. The Morgan fingerprint density at radius 1 is 1.33 bits per heavy atom. The van der Waals surface area contributed by atoms with Crippen LogP contribution in [0.25, 0.3) is 0 Å². The van der Waals surface area contributed by atoms with Crippen molar-refractivity contribution in [3.63, 3.8) is 0 Å². The molecule has 0 bridgehead atoms. The lowest BCUT2D eigenvalue weighted by molar-refractivity contribution is -0.117. The largest absolute Gasteiger partial charge is 0.302 e. The van der Waals surface area contributed by atoms with E-state index in [1.54, 1.807) is 11.3 Å². The average Bonchev–Trinajstić information content (AvgIpc) is 2.99. The zero-order valence-electron chi connectivity index (χ0n) is 11.4. The number of nitrogens with one attached hydrogen (secondary N) is 1. The van der Waals surface area contributed by atoms with Gasteiger partial charge in [0, 0.05) is 15.8 Å². The van der Waals surface area contributed by atoms with Gasteiger partial charge in [-0.25, -0.2) is 4.98 Å². The molecule has 1 heterocycles. The lowest BCUT2D eigenvalue weighted by Gasteiger charge is -2.03. The van der Waals surface area contributed by atoms with E-state index in [4.69, 9.17) is 11.6 Å². The lowest BCUT2D eigenvalue weighted by atomic mass is 10.1. The zero-order chi connectivity index (χ0) is 14.4. The summed E-state index contributed by atoms with van der Waals surface area (Å²) in [4.78, 5) is 18.2. The lowest BCUT2D eigenvalue weighted by Crippen LogP contribution is -2.14. The highest BCUT2D eigenvalue weighted by molar-refractivity contribution is 7.15. The van der Waals surface area contributed by atoms with E-state index in [-0.39, 0.29) is 17.7 Å². The molecule has 3 nitrogen and oxygen atoms in total. The predicted molar refractivity (Wildman–Crippen MR) is 85.1 cm³/mol. The van der Waals surface area contributed by atoms with Crippen LogP contribution >= 0.6 is 22.9 Å². The first-order valence-electron chi connectivity index (χ1n) is 7.26. The van der Waals surface area contributed by atoms with Crippen LogP contribution in [0.4, 0.5) is 5.13 Å². The van der Waals surface area contributed by atoms with Gasteiger partial charge in [-0.2, -0.15) is 0 Å². The van der Waals surface area contributed by atoms with E-state index in [2.05, 4.69) is 10.3 Å². The third-order valence-corrected chi connectivity index (χ3v) is 5.67. The number of thiazole rings is 1. The van der Waals surface area contributed by atoms with Gasteiger partial charge in [-0.3, -0.25) is 4.79 Å². The molecule has 0 radical (unpaired) electrons. The predicted octanol–water partition coefficient (Wildman–Crippen LogP) is 4.03. The van der Waals surface area contributed by atoms with Gasteiger partial charge in [0.25, 0.3) is 0 Å². The highest BCUT2D eigenvalue weighted by atomic mass is 35.5. The smallest absolute Gasteiger partial charge is 0.229 e. The van der Waals surface area contributed by atoms with Gasteiger partial charge in [0.1, 0.15) is 0 Å². The van der Waals surface area contributed by atoms with E-state index in [0.29, 0.717) is 0 Å². The van der Waals surface area contributed by atoms with Crippen LogP contribution in [0, 0.1) is 5.92 Å². The summed E-state index contributed by atoms with van der Waals surface area (Å²) in [7, 11) is 0. The Morgan fingerprint density at radius 3 is 3.00 bits per heavy atom. The summed E-state index contributed by atoms with van der Waals surface area (Å²) in [5, 5.41) is 4.49. The summed E-state index contributed by atoms with van der Waals surface area (Å²) in [6.45, 7) is 0. The molecule has 2 unspecified atom stereocenters. The van der Waals surface area contributed by atoms with Crippen molar-refractivity contribution in [1.29, 1.82) is 0 Å². The third kappa shape index (κ3) is 2.47. The van der Waals surface area contributed by atoms with Gasteiger partial charge in [-0.05, 0) is 43.2 Å². The van der Waals surface area contributed by atoms with Crippen molar-refractivity contribution in [2.75, 3.05) is 5.32 Å². The van der Waals surface area contributed by atoms with Gasteiger partial charge >= 0.3 is 0 Å². The number of hydrogen-bond acceptors (Lipinski definition) is 3. The van der Waals surface area contributed by atoms with E-state index < -0.39 is 0 Å². The van der Waals surface area contributed by atoms with Crippen molar-refractivity contribution in [2.24, 2.45) is 5.92 Å². The number of halogens is 1. The second-order valence-corrected chi connectivity index (χ2v) is 7.19. The average molecular weight is 319 g/mol. The number of nitrogens with zero attached hydrogens (tertiary/aromatic N) is 1. The molecular weight excluding hydrogens is 304 g/mol. The topological polar surface area (TPSA) is 42.0 Å². The maximum atomic E-state index is 12.3. The van der Waals surface area contributed by atoms with Crippen LogP contribution < -0.4 is 5.32 Å². The SMILES string of the molecule is O=C(Nc1nc2c(s1)CCC2)C1CC1c1ccccc1Cl. The molecule has 1 aromatic heterocycles. The highest BCUT2D eigenvalue weighted by Crippen LogP contribution is 2.50. The molecule has 0 spiro atoms. The minimum absolute atomic E-state index is 0.0311. The molecule has 1 fully saturated rings. The highest BCUT2D eigenvalue weighted by Gasteiger charge is 2.45. The molecule has 1 amide bonds. The Hall–Kier alpha value is -1.39. The fraction of sp³-hybridized carbons (Fsp3) is 0.375. The van der Waals surface area contributed by atoms with E-state index >= 15 is 0 Å². The van der Waals surface area contributed by atoms with E-state index in [1.165, 1.54) is 17.0 Å². The molecule has 2 aromatic rings. The van der Waals surface area contributed by atoms with Crippen LogP contribution in [0.15, 0.2) is 24.3 Å². The number of carbonyl (C=O) groups is 1. The van der Waals surface area contributed by atoms with E-state index in [9.17, 15) is 4.79 Å². The van der Waals surface area contributed by atoms with Crippen LogP contribution in [0.5, 0.6) is 0 Å². The van der Waals surface area contributed by atoms with Crippen LogP contribution in [-0.2, 0) is 17.6 Å². The quantitative estimate of drug-likeness (QED) is 0.928. The molecule has 1 saturated carbocycles. The maximum Gasteiger partial charge on any atom is 0.229 e. The summed E-state index contributed by atoms with van der Waals surface area (Å²) in [6.07, 6.45) is 4.22. The van der Waals surface area contributed by atoms with Gasteiger partial charge in [-0.15, -0.1) is 11.3 Å². The number of aromatic nitrogens is 1. The number of fused-ring (bicyclic) bond motifs is 1. The first-order chi connectivity index (χ1) is 10.2. The maximum absolute atomic E-state index is 12.3. The number of anilines is 1. The van der Waals surface area contributed by atoms with Crippen molar-refractivity contribution < 1.29 is 4.79 Å². The molecule has 4 rings (SSSR count). The van der Waals surface area contributed by atoms with Crippen molar-refractivity contribution in [2.45, 2.75) is 31.6 Å². The standard InChI is InChI=1S/C16H15ClN2OS/c17-12-5-2-1-4-9(12)10-8-11(10)15(20)19-16-18-13-6-3-7-14(13)21-16/h1-2,4-5,10-11H,3,6-8H2,(H,18,19,20). The molecule has 2 aliphatic rings. The minimum atomic E-state index is 0.0311. The molecular formula is C16H15ClN2OS. The molecule has 108 valence electrons. The Bertz CT molecular complexity index is 691. The Kier molecular flexibility index (Phi) is 3.23. The van der Waals surface area contributed by atoms with Crippen LogP contribution in [0.3, 0.4) is 0 Å². The molecule has 5 heteroatoms. The third-order valence-electron chi connectivity index (χ3n) is 4.26. The van der Waals surface area contributed by atoms with E-state index in [1.807, 2.05) is 24.3 Å². The summed E-state index contributed by atoms with van der Waals surface area (Å²) < 4.78 is 0. The van der Waals surface area contributed by atoms with Gasteiger partial charge < -0.3 is 5.32 Å². The summed E-state index contributed by atoms with van der Waals surface area (Å²) in [6, 6.07) is 7.79. The molecule has 0 saturated heterocycles. The van der Waals surface area contributed by atoms with Gasteiger partial charge in [-0.1, -0.05) is 29.8 Å². The van der Waals surface area contributed by atoms with Gasteiger partial charge in [0.15, 0.2) is 5.13 Å². The summed E-state index contributed by atoms with van der Waals surface area (Å²) >= 11 is 7.82.